The summed E-state index contributed by atoms with van der Waals surface area (Å²) in [5, 5.41) is 8.20. The second-order valence-corrected chi connectivity index (χ2v) is 6.69. The summed E-state index contributed by atoms with van der Waals surface area (Å²) in [6.45, 7) is 1.55. The van der Waals surface area contributed by atoms with Gasteiger partial charge in [0.15, 0.2) is 5.82 Å². The van der Waals surface area contributed by atoms with Gasteiger partial charge in [0.2, 0.25) is 11.8 Å². The summed E-state index contributed by atoms with van der Waals surface area (Å²) >= 11 is 0. The van der Waals surface area contributed by atoms with Crippen LogP contribution in [0.4, 0.5) is 0 Å². The van der Waals surface area contributed by atoms with Crippen LogP contribution in [0.15, 0.2) is 17.2 Å². The van der Waals surface area contributed by atoms with E-state index in [9.17, 15) is 4.79 Å². The Balaban J connectivity index is 1.24. The van der Waals surface area contributed by atoms with Gasteiger partial charge < -0.3 is 9.42 Å². The molecule has 1 amide bonds. The van der Waals surface area contributed by atoms with Gasteiger partial charge in [-0.1, -0.05) is 5.16 Å². The molecule has 4 rings (SSSR count). The highest BCUT2D eigenvalue weighted by Gasteiger charge is 2.29. The van der Waals surface area contributed by atoms with Crippen LogP contribution in [0.25, 0.3) is 0 Å². The third-order valence-electron chi connectivity index (χ3n) is 4.77. The Morgan fingerprint density at radius 2 is 2.25 bits per heavy atom. The van der Waals surface area contributed by atoms with Crippen molar-refractivity contribution in [1.29, 1.82) is 0 Å². The quantitative estimate of drug-likeness (QED) is 0.801. The summed E-state index contributed by atoms with van der Waals surface area (Å²) in [6.07, 6.45) is 9.59. The molecule has 2 aromatic rings. The third kappa shape index (κ3) is 3.47. The molecule has 0 spiro atoms. The van der Waals surface area contributed by atoms with Gasteiger partial charge in [0.1, 0.15) is 12.7 Å². The Labute approximate surface area is 140 Å². The van der Waals surface area contributed by atoms with Gasteiger partial charge in [-0.15, -0.1) is 0 Å². The first-order valence-electron chi connectivity index (χ1n) is 8.74. The minimum absolute atomic E-state index is 0.196. The van der Waals surface area contributed by atoms with Crippen LogP contribution in [0.1, 0.15) is 62.2 Å². The fourth-order valence-corrected chi connectivity index (χ4v) is 3.23. The van der Waals surface area contributed by atoms with Gasteiger partial charge in [0.05, 0.1) is 6.04 Å². The Hall–Kier alpha value is -2.25. The SMILES string of the molecule is O=C(CCCc1nc(C2CC2)no1)N1CCC[C@@H](n2cncn2)C1. The number of aromatic nitrogens is 5. The summed E-state index contributed by atoms with van der Waals surface area (Å²) < 4.78 is 7.11. The fraction of sp³-hybridized carbons (Fsp3) is 0.688. The van der Waals surface area contributed by atoms with E-state index >= 15 is 0 Å². The van der Waals surface area contributed by atoms with Crippen molar-refractivity contribution in [3.8, 4) is 0 Å². The Morgan fingerprint density at radius 3 is 3.04 bits per heavy atom. The molecule has 8 heteroatoms. The van der Waals surface area contributed by atoms with Gasteiger partial charge in [-0.25, -0.2) is 9.67 Å². The molecule has 0 radical (unpaired) electrons. The number of aryl methyl sites for hydroxylation is 1. The molecule has 128 valence electrons. The first kappa shape index (κ1) is 15.3. The number of amides is 1. The lowest BCUT2D eigenvalue weighted by atomic mass is 10.1. The minimum atomic E-state index is 0.196. The van der Waals surface area contributed by atoms with E-state index in [1.807, 2.05) is 9.58 Å². The lowest BCUT2D eigenvalue weighted by Crippen LogP contribution is -2.40. The molecule has 1 saturated heterocycles. The highest BCUT2D eigenvalue weighted by Crippen LogP contribution is 2.38. The van der Waals surface area contributed by atoms with Crippen LogP contribution in [-0.4, -0.2) is 48.8 Å². The molecule has 0 bridgehead atoms. The third-order valence-corrected chi connectivity index (χ3v) is 4.77. The van der Waals surface area contributed by atoms with Gasteiger partial charge in [0, 0.05) is 31.8 Å². The minimum Gasteiger partial charge on any atom is -0.341 e. The molecule has 24 heavy (non-hydrogen) atoms. The maximum absolute atomic E-state index is 12.4. The second kappa shape index (κ2) is 6.70. The average molecular weight is 330 g/mol. The van der Waals surface area contributed by atoms with Gasteiger partial charge in [0.25, 0.3) is 0 Å². The van der Waals surface area contributed by atoms with Crippen LogP contribution >= 0.6 is 0 Å². The molecular weight excluding hydrogens is 308 g/mol. The molecule has 1 atom stereocenters. The maximum atomic E-state index is 12.4. The molecule has 2 aromatic heterocycles. The van der Waals surface area contributed by atoms with E-state index in [0.717, 1.165) is 31.6 Å². The van der Waals surface area contributed by atoms with Crippen molar-refractivity contribution in [2.24, 2.45) is 0 Å². The van der Waals surface area contributed by atoms with Gasteiger partial charge >= 0.3 is 0 Å². The predicted molar refractivity (Wildman–Crippen MR) is 84.1 cm³/mol. The molecule has 3 heterocycles. The number of likely N-dealkylation sites (tertiary alicyclic amines) is 1. The smallest absolute Gasteiger partial charge is 0.226 e. The highest BCUT2D eigenvalue weighted by atomic mass is 16.5. The van der Waals surface area contributed by atoms with Crippen molar-refractivity contribution in [2.75, 3.05) is 13.1 Å². The summed E-state index contributed by atoms with van der Waals surface area (Å²) in [7, 11) is 0. The zero-order valence-corrected chi connectivity index (χ0v) is 13.7. The number of rotatable bonds is 6. The fourth-order valence-electron chi connectivity index (χ4n) is 3.23. The Bertz CT molecular complexity index is 679. The zero-order chi connectivity index (χ0) is 16.4. The average Bonchev–Trinajstić information content (AvgIpc) is 3.12. The van der Waals surface area contributed by atoms with Gasteiger partial charge in [-0.2, -0.15) is 10.1 Å². The highest BCUT2D eigenvalue weighted by molar-refractivity contribution is 5.76. The largest absolute Gasteiger partial charge is 0.341 e. The molecule has 2 aliphatic rings. The second-order valence-electron chi connectivity index (χ2n) is 6.69. The zero-order valence-electron chi connectivity index (χ0n) is 13.7. The van der Waals surface area contributed by atoms with Gasteiger partial charge in [-0.05, 0) is 32.1 Å². The lowest BCUT2D eigenvalue weighted by molar-refractivity contribution is -0.133. The molecule has 1 aliphatic heterocycles. The maximum Gasteiger partial charge on any atom is 0.226 e. The van der Waals surface area contributed by atoms with Crippen molar-refractivity contribution >= 4 is 5.91 Å². The number of nitrogens with zero attached hydrogens (tertiary/aromatic N) is 6. The molecule has 1 aliphatic carbocycles. The number of piperidine rings is 1. The molecular formula is C16H22N6O2. The number of carbonyl (C=O) groups is 1. The molecule has 2 fully saturated rings. The summed E-state index contributed by atoms with van der Waals surface area (Å²) in [5.41, 5.74) is 0. The molecule has 1 saturated carbocycles. The molecule has 0 N–H and O–H groups in total. The van der Waals surface area contributed by atoms with Crippen LogP contribution in [0.3, 0.4) is 0 Å². The van der Waals surface area contributed by atoms with Crippen LogP contribution in [0.2, 0.25) is 0 Å². The van der Waals surface area contributed by atoms with Crippen molar-refractivity contribution in [3.05, 3.63) is 24.4 Å². The van der Waals surface area contributed by atoms with Gasteiger partial charge in [-0.3, -0.25) is 4.79 Å². The van der Waals surface area contributed by atoms with Crippen molar-refractivity contribution in [3.63, 3.8) is 0 Å². The van der Waals surface area contributed by atoms with E-state index < -0.39 is 0 Å². The summed E-state index contributed by atoms with van der Waals surface area (Å²) in [4.78, 5) is 22.8. The Morgan fingerprint density at radius 1 is 1.33 bits per heavy atom. The van der Waals surface area contributed by atoms with E-state index in [1.54, 1.807) is 12.7 Å². The van der Waals surface area contributed by atoms with E-state index in [2.05, 4.69) is 20.2 Å². The van der Waals surface area contributed by atoms with Crippen molar-refractivity contribution in [1.82, 2.24) is 29.8 Å². The number of hydrogen-bond donors (Lipinski definition) is 0. The van der Waals surface area contributed by atoms with E-state index in [-0.39, 0.29) is 11.9 Å². The van der Waals surface area contributed by atoms with E-state index in [1.165, 1.54) is 12.8 Å². The monoisotopic (exact) mass is 330 g/mol. The van der Waals surface area contributed by atoms with Crippen molar-refractivity contribution < 1.29 is 9.32 Å². The van der Waals surface area contributed by atoms with Crippen LogP contribution in [-0.2, 0) is 11.2 Å². The molecule has 0 unspecified atom stereocenters. The summed E-state index contributed by atoms with van der Waals surface area (Å²) in [5.74, 6) is 2.19. The standard InChI is InChI=1S/C16H22N6O2/c23-15(5-1-4-14-19-16(20-24-14)12-6-7-12)21-8-2-3-13(9-21)22-11-17-10-18-22/h10-13H,1-9H2/t13-/m1/s1. The number of hydrogen-bond acceptors (Lipinski definition) is 6. The Kier molecular flexibility index (Phi) is 4.27. The number of carbonyl (C=O) groups excluding carboxylic acids is 1. The van der Waals surface area contributed by atoms with Crippen LogP contribution in [0.5, 0.6) is 0 Å². The van der Waals surface area contributed by atoms with Crippen LogP contribution < -0.4 is 0 Å². The predicted octanol–water partition coefficient (Wildman–Crippen LogP) is 1.72. The van der Waals surface area contributed by atoms with Crippen LogP contribution in [0, 0.1) is 0 Å². The topological polar surface area (TPSA) is 89.9 Å². The lowest BCUT2D eigenvalue weighted by Gasteiger charge is -2.32. The van der Waals surface area contributed by atoms with Crippen molar-refractivity contribution in [2.45, 2.75) is 56.9 Å². The van der Waals surface area contributed by atoms with E-state index in [4.69, 9.17) is 4.52 Å². The first-order chi connectivity index (χ1) is 11.8. The molecule has 8 nitrogen and oxygen atoms in total. The normalized spacial score (nSPS) is 21.2. The van der Waals surface area contributed by atoms with E-state index in [0.29, 0.717) is 31.2 Å². The first-order valence-corrected chi connectivity index (χ1v) is 8.74. The molecule has 0 aromatic carbocycles. The summed E-state index contributed by atoms with van der Waals surface area (Å²) in [6, 6.07) is 0.238.